The van der Waals surface area contributed by atoms with E-state index in [0.29, 0.717) is 5.57 Å². The van der Waals surface area contributed by atoms with Crippen LogP contribution in [0.3, 0.4) is 0 Å². The predicted octanol–water partition coefficient (Wildman–Crippen LogP) is 0.257. The SMILES string of the molecule is C=C(C)C(=O)NC(C)CC[N+](C)(C)C.COS(=O)(=O)[O-]. The molecule has 0 spiro atoms. The molecule has 1 unspecified atom stereocenters. The van der Waals surface area contributed by atoms with Gasteiger partial charge in [-0.25, -0.2) is 8.42 Å². The van der Waals surface area contributed by atoms with Crippen LogP contribution in [0, 0.1) is 0 Å². The molecule has 0 aromatic carbocycles. The predicted molar refractivity (Wildman–Crippen MR) is 76.6 cm³/mol. The summed E-state index contributed by atoms with van der Waals surface area (Å²) in [5, 5.41) is 2.90. The Morgan fingerprint density at radius 2 is 1.80 bits per heavy atom. The van der Waals surface area contributed by atoms with Gasteiger partial charge in [-0.05, 0) is 13.8 Å². The van der Waals surface area contributed by atoms with Crippen molar-refractivity contribution in [1.82, 2.24) is 5.32 Å². The van der Waals surface area contributed by atoms with Gasteiger partial charge in [-0.15, -0.1) is 0 Å². The molecule has 120 valence electrons. The molecule has 1 N–H and O–H groups in total. The van der Waals surface area contributed by atoms with Crippen molar-refractivity contribution in [2.45, 2.75) is 26.3 Å². The zero-order chi connectivity index (χ0) is 16.6. The monoisotopic (exact) mass is 310 g/mol. The van der Waals surface area contributed by atoms with Gasteiger partial charge in [-0.3, -0.25) is 8.98 Å². The summed E-state index contributed by atoms with van der Waals surface area (Å²) in [6, 6.07) is 0.219. The number of quaternary nitrogens is 1. The van der Waals surface area contributed by atoms with E-state index in [9.17, 15) is 17.8 Å². The van der Waals surface area contributed by atoms with E-state index in [-0.39, 0.29) is 11.9 Å². The molecule has 0 rings (SSSR count). The Morgan fingerprint density at radius 3 is 2.05 bits per heavy atom. The van der Waals surface area contributed by atoms with Gasteiger partial charge in [-0.2, -0.15) is 0 Å². The zero-order valence-corrected chi connectivity index (χ0v) is 13.9. The summed E-state index contributed by atoms with van der Waals surface area (Å²) in [5.74, 6) is -0.0427. The summed E-state index contributed by atoms with van der Waals surface area (Å²) in [7, 11) is 2.83. The molecule has 0 aromatic rings. The molecule has 8 heteroatoms. The summed E-state index contributed by atoms with van der Waals surface area (Å²) in [6.45, 7) is 8.40. The topological polar surface area (TPSA) is 95.5 Å². The molecular weight excluding hydrogens is 284 g/mol. The first-order valence-corrected chi connectivity index (χ1v) is 7.40. The van der Waals surface area contributed by atoms with Crippen LogP contribution in [0.2, 0.25) is 0 Å². The maximum Gasteiger partial charge on any atom is 0.246 e. The van der Waals surface area contributed by atoms with Crippen LogP contribution in [0.15, 0.2) is 12.2 Å². The number of carbonyl (C=O) groups excluding carboxylic acids is 1. The largest absolute Gasteiger partial charge is 0.726 e. The van der Waals surface area contributed by atoms with Crippen molar-refractivity contribution in [2.24, 2.45) is 0 Å². The van der Waals surface area contributed by atoms with E-state index in [2.05, 4.69) is 37.2 Å². The molecule has 1 amide bonds. The molecule has 0 heterocycles. The Hall–Kier alpha value is -0.960. The van der Waals surface area contributed by atoms with E-state index in [1.54, 1.807) is 6.92 Å². The van der Waals surface area contributed by atoms with Crippen molar-refractivity contribution in [3.05, 3.63) is 12.2 Å². The number of hydrogen-bond acceptors (Lipinski definition) is 5. The number of hydrogen-bond donors (Lipinski definition) is 1. The number of amides is 1. The highest BCUT2D eigenvalue weighted by atomic mass is 32.3. The smallest absolute Gasteiger partial charge is 0.246 e. The van der Waals surface area contributed by atoms with Crippen molar-refractivity contribution in [1.29, 1.82) is 0 Å². The highest BCUT2D eigenvalue weighted by molar-refractivity contribution is 7.80. The van der Waals surface area contributed by atoms with E-state index >= 15 is 0 Å². The summed E-state index contributed by atoms with van der Waals surface area (Å²) >= 11 is 0. The van der Waals surface area contributed by atoms with Crippen LogP contribution in [0.5, 0.6) is 0 Å². The second kappa shape index (κ2) is 9.06. The molecule has 0 fully saturated rings. The molecule has 0 aliphatic rings. The van der Waals surface area contributed by atoms with Gasteiger partial charge in [0.05, 0.1) is 34.8 Å². The highest BCUT2D eigenvalue weighted by Gasteiger charge is 2.12. The summed E-state index contributed by atoms with van der Waals surface area (Å²) in [6.07, 6.45) is 0.989. The quantitative estimate of drug-likeness (QED) is 0.328. The van der Waals surface area contributed by atoms with Crippen molar-refractivity contribution >= 4 is 16.3 Å². The van der Waals surface area contributed by atoms with Gasteiger partial charge in [0.2, 0.25) is 16.3 Å². The van der Waals surface area contributed by atoms with Crippen molar-refractivity contribution in [3.8, 4) is 0 Å². The normalized spacial score (nSPS) is 12.9. The van der Waals surface area contributed by atoms with Crippen molar-refractivity contribution < 1.29 is 26.4 Å². The standard InChI is InChI=1S/C11H22N2O.CH4O4S/c1-9(2)11(14)12-10(3)7-8-13(4,5)6;1-5-6(2,3)4/h10H,1,7-8H2,2-6H3;1H3,(H,2,3,4). The fourth-order valence-corrected chi connectivity index (χ4v) is 1.00. The molecule has 20 heavy (non-hydrogen) atoms. The lowest BCUT2D eigenvalue weighted by atomic mass is 10.2. The van der Waals surface area contributed by atoms with Gasteiger partial charge in [0.15, 0.2) is 0 Å². The zero-order valence-electron chi connectivity index (χ0n) is 13.1. The first kappa shape index (κ1) is 21.3. The van der Waals surface area contributed by atoms with Gasteiger partial charge < -0.3 is 14.4 Å². The van der Waals surface area contributed by atoms with Crippen LogP contribution in [0.25, 0.3) is 0 Å². The third-order valence-electron chi connectivity index (χ3n) is 2.20. The molecule has 0 saturated carbocycles. The van der Waals surface area contributed by atoms with Crippen LogP contribution in [-0.2, 0) is 19.4 Å². The molecular formula is C12H26N2O5S. The van der Waals surface area contributed by atoms with Crippen LogP contribution in [0.4, 0.5) is 0 Å². The van der Waals surface area contributed by atoms with E-state index in [1.807, 2.05) is 6.92 Å². The van der Waals surface area contributed by atoms with E-state index < -0.39 is 10.4 Å². The maximum absolute atomic E-state index is 11.3. The molecule has 0 radical (unpaired) electrons. The van der Waals surface area contributed by atoms with Gasteiger partial charge in [0.1, 0.15) is 0 Å². The second-order valence-corrected chi connectivity index (χ2v) is 6.68. The molecule has 0 aliphatic heterocycles. The average Bonchev–Trinajstić information content (AvgIpc) is 2.25. The fraction of sp³-hybridized carbons (Fsp3) is 0.750. The Balaban J connectivity index is 0. The third kappa shape index (κ3) is 17.0. The molecule has 0 bridgehead atoms. The first-order valence-electron chi connectivity index (χ1n) is 6.06. The molecule has 0 aliphatic carbocycles. The minimum Gasteiger partial charge on any atom is -0.726 e. The Labute approximate surface area is 122 Å². The number of carbonyl (C=O) groups is 1. The average molecular weight is 310 g/mol. The van der Waals surface area contributed by atoms with Crippen LogP contribution < -0.4 is 5.32 Å². The first-order chi connectivity index (χ1) is 8.78. The van der Waals surface area contributed by atoms with Crippen LogP contribution >= 0.6 is 0 Å². The number of nitrogens with one attached hydrogen (secondary N) is 1. The van der Waals surface area contributed by atoms with E-state index in [4.69, 9.17) is 0 Å². The Kier molecular flexibility index (Phi) is 9.67. The van der Waals surface area contributed by atoms with Crippen LogP contribution in [0.1, 0.15) is 20.3 Å². The summed E-state index contributed by atoms with van der Waals surface area (Å²) in [5.41, 5.74) is 0.571. The fourth-order valence-electron chi connectivity index (χ4n) is 1.00. The number of nitrogens with zero attached hydrogens (tertiary/aromatic N) is 1. The third-order valence-corrected chi connectivity index (χ3v) is 2.61. The Bertz CT molecular complexity index is 412. The van der Waals surface area contributed by atoms with E-state index in [1.165, 1.54) is 0 Å². The Morgan fingerprint density at radius 1 is 1.40 bits per heavy atom. The maximum atomic E-state index is 11.3. The van der Waals surface area contributed by atoms with E-state index in [0.717, 1.165) is 24.6 Å². The molecule has 1 atom stereocenters. The molecule has 0 saturated heterocycles. The lowest BCUT2D eigenvalue weighted by Gasteiger charge is -2.25. The van der Waals surface area contributed by atoms with Gasteiger partial charge >= 0.3 is 0 Å². The van der Waals surface area contributed by atoms with Crippen molar-refractivity contribution in [3.63, 3.8) is 0 Å². The molecule has 7 nitrogen and oxygen atoms in total. The van der Waals surface area contributed by atoms with Gasteiger partial charge in [0, 0.05) is 18.0 Å². The van der Waals surface area contributed by atoms with Gasteiger partial charge in [0.25, 0.3) is 0 Å². The second-order valence-electron chi connectivity index (χ2n) is 5.53. The molecule has 0 aromatic heterocycles. The van der Waals surface area contributed by atoms with Gasteiger partial charge in [-0.1, -0.05) is 6.58 Å². The minimum absolute atomic E-state index is 0.0427. The summed E-state index contributed by atoms with van der Waals surface area (Å²) in [4.78, 5) is 11.3. The highest BCUT2D eigenvalue weighted by Crippen LogP contribution is 1.99. The summed E-state index contributed by atoms with van der Waals surface area (Å²) < 4.78 is 31.9. The van der Waals surface area contributed by atoms with Crippen LogP contribution in [-0.4, -0.2) is 64.2 Å². The lowest BCUT2D eigenvalue weighted by Crippen LogP contribution is -2.40. The number of rotatable bonds is 6. The lowest BCUT2D eigenvalue weighted by molar-refractivity contribution is -0.870. The van der Waals surface area contributed by atoms with Crippen molar-refractivity contribution in [2.75, 3.05) is 34.8 Å². The minimum atomic E-state index is -4.41.